The number of amides is 1. The number of methoxy groups -OCH3 is 1. The SMILES string of the molecule is COc1ccc(N2CCN(C(=O)OC(C)(C)C)[C@@H](CO)C2)cc1OC1CCCC1. The summed E-state index contributed by atoms with van der Waals surface area (Å²) in [5.41, 5.74) is 0.442. The summed E-state index contributed by atoms with van der Waals surface area (Å²) in [7, 11) is 1.65. The van der Waals surface area contributed by atoms with Gasteiger partial charge in [0.1, 0.15) is 5.60 Å². The van der Waals surface area contributed by atoms with Crippen LogP contribution in [0.1, 0.15) is 46.5 Å². The predicted molar refractivity (Wildman–Crippen MR) is 112 cm³/mol. The van der Waals surface area contributed by atoms with Crippen LogP contribution in [-0.2, 0) is 4.74 Å². The van der Waals surface area contributed by atoms with E-state index in [2.05, 4.69) is 4.90 Å². The molecule has 7 nitrogen and oxygen atoms in total. The van der Waals surface area contributed by atoms with Crippen LogP contribution >= 0.6 is 0 Å². The van der Waals surface area contributed by atoms with Gasteiger partial charge in [-0.1, -0.05) is 0 Å². The Kier molecular flexibility index (Phi) is 6.77. The quantitative estimate of drug-likeness (QED) is 0.808. The summed E-state index contributed by atoms with van der Waals surface area (Å²) in [6.07, 6.45) is 4.43. The summed E-state index contributed by atoms with van der Waals surface area (Å²) >= 11 is 0. The number of hydrogen-bond acceptors (Lipinski definition) is 6. The molecule has 0 spiro atoms. The van der Waals surface area contributed by atoms with Gasteiger partial charge in [-0.15, -0.1) is 0 Å². The van der Waals surface area contributed by atoms with Gasteiger partial charge < -0.3 is 24.2 Å². The number of aliphatic hydroxyl groups excluding tert-OH is 1. The first-order valence-electron chi connectivity index (χ1n) is 10.5. The first-order valence-corrected chi connectivity index (χ1v) is 10.5. The smallest absolute Gasteiger partial charge is 0.410 e. The molecule has 1 amide bonds. The summed E-state index contributed by atoms with van der Waals surface area (Å²) in [5, 5.41) is 9.88. The minimum Gasteiger partial charge on any atom is -0.493 e. The first-order chi connectivity index (χ1) is 13.8. The summed E-state index contributed by atoms with van der Waals surface area (Å²) in [6.45, 7) is 7.10. The van der Waals surface area contributed by atoms with Crippen molar-refractivity contribution in [2.45, 2.75) is 64.2 Å². The van der Waals surface area contributed by atoms with Crippen LogP contribution in [0.4, 0.5) is 10.5 Å². The summed E-state index contributed by atoms with van der Waals surface area (Å²) in [6, 6.07) is 5.61. The van der Waals surface area contributed by atoms with Crippen molar-refractivity contribution in [2.24, 2.45) is 0 Å². The van der Waals surface area contributed by atoms with Crippen LogP contribution in [-0.4, -0.2) is 67.2 Å². The number of nitrogens with zero attached hydrogens (tertiary/aromatic N) is 2. The van der Waals surface area contributed by atoms with Gasteiger partial charge in [-0.05, 0) is 58.6 Å². The molecule has 1 aliphatic carbocycles. The second kappa shape index (κ2) is 9.11. The number of carbonyl (C=O) groups is 1. The van der Waals surface area contributed by atoms with Crippen molar-refractivity contribution in [1.29, 1.82) is 0 Å². The second-order valence-corrected chi connectivity index (χ2v) is 8.82. The zero-order valence-electron chi connectivity index (χ0n) is 18.0. The summed E-state index contributed by atoms with van der Waals surface area (Å²) < 4.78 is 17.2. The minimum atomic E-state index is -0.559. The van der Waals surface area contributed by atoms with E-state index < -0.39 is 5.60 Å². The Morgan fingerprint density at radius 3 is 2.52 bits per heavy atom. The van der Waals surface area contributed by atoms with Crippen LogP contribution in [0.2, 0.25) is 0 Å². The monoisotopic (exact) mass is 406 g/mol. The molecule has 3 rings (SSSR count). The standard InChI is InChI=1S/C22H34N2O5/c1-22(2,3)29-21(26)24-12-11-23(14-17(24)15-25)16-9-10-19(27-4)20(13-16)28-18-7-5-6-8-18/h9-10,13,17-18,25H,5-8,11-12,14-15H2,1-4H3/t17-/m1/s1. The summed E-state index contributed by atoms with van der Waals surface area (Å²) in [4.78, 5) is 16.3. The van der Waals surface area contributed by atoms with Gasteiger partial charge in [0.2, 0.25) is 0 Å². The Morgan fingerprint density at radius 2 is 1.90 bits per heavy atom. The van der Waals surface area contributed by atoms with Gasteiger partial charge in [-0.3, -0.25) is 4.90 Å². The molecule has 0 bridgehead atoms. The van der Waals surface area contributed by atoms with E-state index in [1.54, 1.807) is 12.0 Å². The fourth-order valence-electron chi connectivity index (χ4n) is 3.95. The van der Waals surface area contributed by atoms with E-state index >= 15 is 0 Å². The van der Waals surface area contributed by atoms with Crippen molar-refractivity contribution in [1.82, 2.24) is 4.90 Å². The maximum Gasteiger partial charge on any atom is 0.410 e. The average molecular weight is 407 g/mol. The Labute approximate surface area is 173 Å². The third kappa shape index (κ3) is 5.47. The molecule has 1 aromatic carbocycles. The van der Waals surface area contributed by atoms with Gasteiger partial charge in [0, 0.05) is 31.4 Å². The van der Waals surface area contributed by atoms with Crippen molar-refractivity contribution in [3.8, 4) is 11.5 Å². The normalized spacial score (nSPS) is 20.7. The molecule has 0 radical (unpaired) electrons. The summed E-state index contributed by atoms with van der Waals surface area (Å²) in [5.74, 6) is 1.48. The van der Waals surface area contributed by atoms with E-state index in [9.17, 15) is 9.90 Å². The van der Waals surface area contributed by atoms with Gasteiger partial charge in [0.05, 0.1) is 25.9 Å². The van der Waals surface area contributed by atoms with Crippen LogP contribution in [0.3, 0.4) is 0 Å². The van der Waals surface area contributed by atoms with E-state index in [1.807, 2.05) is 39.0 Å². The second-order valence-electron chi connectivity index (χ2n) is 8.82. The molecule has 1 heterocycles. The molecule has 7 heteroatoms. The number of rotatable bonds is 5. The molecular formula is C22H34N2O5. The lowest BCUT2D eigenvalue weighted by Crippen LogP contribution is -2.57. The Balaban J connectivity index is 1.71. The van der Waals surface area contributed by atoms with Crippen LogP contribution in [0.25, 0.3) is 0 Å². The zero-order valence-corrected chi connectivity index (χ0v) is 18.0. The minimum absolute atomic E-state index is 0.114. The average Bonchev–Trinajstić information content (AvgIpc) is 3.19. The van der Waals surface area contributed by atoms with E-state index in [4.69, 9.17) is 14.2 Å². The molecule has 1 saturated carbocycles. The zero-order chi connectivity index (χ0) is 21.0. The number of hydrogen-bond donors (Lipinski definition) is 1. The lowest BCUT2D eigenvalue weighted by atomic mass is 10.1. The molecule has 0 unspecified atom stereocenters. The van der Waals surface area contributed by atoms with Crippen molar-refractivity contribution in [3.63, 3.8) is 0 Å². The molecular weight excluding hydrogens is 372 g/mol. The Bertz CT molecular complexity index is 697. The third-order valence-electron chi connectivity index (χ3n) is 5.43. The highest BCUT2D eigenvalue weighted by Crippen LogP contribution is 2.35. The van der Waals surface area contributed by atoms with E-state index in [0.29, 0.717) is 19.6 Å². The molecule has 1 aromatic rings. The first kappa shape index (κ1) is 21.6. The van der Waals surface area contributed by atoms with E-state index in [-0.39, 0.29) is 24.8 Å². The molecule has 1 N–H and O–H groups in total. The lowest BCUT2D eigenvalue weighted by molar-refractivity contribution is 0.00703. The van der Waals surface area contributed by atoms with Gasteiger partial charge in [0.25, 0.3) is 0 Å². The number of carbonyl (C=O) groups excluding carboxylic acids is 1. The van der Waals surface area contributed by atoms with E-state index in [0.717, 1.165) is 30.0 Å². The predicted octanol–water partition coefficient (Wildman–Crippen LogP) is 3.43. The molecule has 0 aromatic heterocycles. The van der Waals surface area contributed by atoms with Crippen LogP contribution in [0.15, 0.2) is 18.2 Å². The number of anilines is 1. The van der Waals surface area contributed by atoms with Crippen LogP contribution in [0.5, 0.6) is 11.5 Å². The maximum atomic E-state index is 12.5. The van der Waals surface area contributed by atoms with Gasteiger partial charge in [-0.25, -0.2) is 4.79 Å². The topological polar surface area (TPSA) is 71.5 Å². The van der Waals surface area contributed by atoms with Crippen LogP contribution < -0.4 is 14.4 Å². The van der Waals surface area contributed by atoms with Crippen molar-refractivity contribution >= 4 is 11.8 Å². The maximum absolute atomic E-state index is 12.5. The number of aliphatic hydroxyl groups is 1. The number of piperazine rings is 1. The Hall–Kier alpha value is -2.15. The molecule has 29 heavy (non-hydrogen) atoms. The van der Waals surface area contributed by atoms with Gasteiger partial charge in [0.15, 0.2) is 11.5 Å². The molecule has 1 aliphatic heterocycles. The largest absolute Gasteiger partial charge is 0.493 e. The van der Waals surface area contributed by atoms with Gasteiger partial charge >= 0.3 is 6.09 Å². The van der Waals surface area contributed by atoms with Crippen molar-refractivity contribution in [3.05, 3.63) is 18.2 Å². The lowest BCUT2D eigenvalue weighted by Gasteiger charge is -2.42. The molecule has 2 fully saturated rings. The number of benzene rings is 1. The van der Waals surface area contributed by atoms with Crippen molar-refractivity contribution < 1.29 is 24.1 Å². The van der Waals surface area contributed by atoms with E-state index in [1.165, 1.54) is 12.8 Å². The van der Waals surface area contributed by atoms with Gasteiger partial charge in [-0.2, -0.15) is 0 Å². The van der Waals surface area contributed by atoms with Crippen molar-refractivity contribution in [2.75, 3.05) is 38.3 Å². The highest BCUT2D eigenvalue weighted by Gasteiger charge is 2.33. The molecule has 162 valence electrons. The third-order valence-corrected chi connectivity index (χ3v) is 5.43. The number of ether oxygens (including phenoxy) is 3. The molecule has 1 atom stereocenters. The fourth-order valence-corrected chi connectivity index (χ4v) is 3.95. The van der Waals surface area contributed by atoms with Crippen LogP contribution in [0, 0.1) is 0 Å². The molecule has 1 saturated heterocycles. The highest BCUT2D eigenvalue weighted by molar-refractivity contribution is 5.69. The fraction of sp³-hybridized carbons (Fsp3) is 0.682. The highest BCUT2D eigenvalue weighted by atomic mass is 16.6. The Morgan fingerprint density at radius 1 is 1.17 bits per heavy atom. The molecule has 2 aliphatic rings.